The van der Waals surface area contributed by atoms with Gasteiger partial charge in [-0.15, -0.1) is 0 Å². The molecule has 1 fully saturated rings. The molecule has 2 unspecified atom stereocenters. The van der Waals surface area contributed by atoms with Crippen molar-refractivity contribution in [3.8, 4) is 6.07 Å². The molecule has 1 aromatic rings. The van der Waals surface area contributed by atoms with Crippen LogP contribution >= 0.6 is 15.9 Å². The Labute approximate surface area is 103 Å². The number of carbonyl (C=O) groups is 1. The molecule has 2 rings (SSSR count). The Morgan fingerprint density at radius 1 is 1.62 bits per heavy atom. The summed E-state index contributed by atoms with van der Waals surface area (Å²) in [7, 11) is 0. The van der Waals surface area contributed by atoms with Crippen LogP contribution < -0.4 is 5.32 Å². The molecule has 0 radical (unpaired) electrons. The summed E-state index contributed by atoms with van der Waals surface area (Å²) in [4.78, 5) is 11.7. The molecular weight excluding hydrogens is 268 g/mol. The first-order valence-corrected chi connectivity index (χ1v) is 5.91. The minimum Gasteiger partial charge on any atom is -0.325 e. The molecule has 1 N–H and O–H groups in total. The third kappa shape index (κ3) is 2.25. The van der Waals surface area contributed by atoms with Crippen LogP contribution in [-0.4, -0.2) is 5.91 Å². The molecule has 0 spiro atoms. The highest BCUT2D eigenvalue weighted by Crippen LogP contribution is 2.38. The Balaban J connectivity index is 2.15. The molecule has 1 aliphatic carbocycles. The summed E-state index contributed by atoms with van der Waals surface area (Å²) in [6, 6.07) is 7.32. The van der Waals surface area contributed by atoms with E-state index in [-0.39, 0.29) is 11.8 Å². The summed E-state index contributed by atoms with van der Waals surface area (Å²) >= 11 is 3.29. The first kappa shape index (κ1) is 11.2. The molecule has 16 heavy (non-hydrogen) atoms. The maximum Gasteiger partial charge on any atom is 0.227 e. The van der Waals surface area contributed by atoms with Gasteiger partial charge in [-0.3, -0.25) is 4.79 Å². The van der Waals surface area contributed by atoms with E-state index in [4.69, 9.17) is 5.26 Å². The van der Waals surface area contributed by atoms with E-state index in [1.165, 1.54) is 0 Å². The van der Waals surface area contributed by atoms with Crippen LogP contribution in [0, 0.1) is 23.2 Å². The lowest BCUT2D eigenvalue weighted by Gasteiger charge is -2.06. The van der Waals surface area contributed by atoms with Crippen LogP contribution in [0.5, 0.6) is 0 Å². The smallest absolute Gasteiger partial charge is 0.227 e. The number of rotatable bonds is 2. The highest BCUT2D eigenvalue weighted by Gasteiger charge is 2.39. The van der Waals surface area contributed by atoms with E-state index in [1.807, 2.05) is 6.07 Å². The van der Waals surface area contributed by atoms with E-state index in [0.29, 0.717) is 17.2 Å². The molecule has 0 bridgehead atoms. The summed E-state index contributed by atoms with van der Waals surface area (Å²) in [5, 5.41) is 11.7. The minimum atomic E-state index is 0.0197. The van der Waals surface area contributed by atoms with Gasteiger partial charge in [0.1, 0.15) is 6.07 Å². The van der Waals surface area contributed by atoms with Gasteiger partial charge in [0.15, 0.2) is 0 Å². The standard InChI is InChI=1S/C12H11BrN2O/c1-7-4-10(7)12(16)15-11-3-2-9(13)5-8(11)6-14/h2-3,5,7,10H,4H2,1H3,(H,15,16). The van der Waals surface area contributed by atoms with Crippen LogP contribution in [0.2, 0.25) is 0 Å². The number of nitrogens with one attached hydrogen (secondary N) is 1. The average Bonchev–Trinajstić information content (AvgIpc) is 2.98. The largest absolute Gasteiger partial charge is 0.325 e. The molecule has 4 heteroatoms. The van der Waals surface area contributed by atoms with Gasteiger partial charge in [-0.05, 0) is 30.5 Å². The van der Waals surface area contributed by atoms with Crippen molar-refractivity contribution in [2.45, 2.75) is 13.3 Å². The van der Waals surface area contributed by atoms with Crippen molar-refractivity contribution in [3.05, 3.63) is 28.2 Å². The Hall–Kier alpha value is -1.34. The number of anilines is 1. The molecular formula is C12H11BrN2O. The summed E-state index contributed by atoms with van der Waals surface area (Å²) in [5.74, 6) is 0.613. The third-order valence-corrected chi connectivity index (χ3v) is 3.30. The van der Waals surface area contributed by atoms with Crippen LogP contribution in [0.4, 0.5) is 5.69 Å². The number of hydrogen-bond acceptors (Lipinski definition) is 2. The van der Waals surface area contributed by atoms with Crippen LogP contribution in [0.1, 0.15) is 18.9 Å². The molecule has 1 aliphatic rings. The first-order chi connectivity index (χ1) is 7.61. The number of hydrogen-bond donors (Lipinski definition) is 1. The maximum absolute atomic E-state index is 11.7. The molecule has 0 heterocycles. The van der Waals surface area contributed by atoms with Crippen LogP contribution in [-0.2, 0) is 4.79 Å². The molecule has 0 aromatic heterocycles. The number of carbonyl (C=O) groups excluding carboxylic acids is 1. The summed E-state index contributed by atoms with van der Waals surface area (Å²) < 4.78 is 0.835. The molecule has 1 saturated carbocycles. The summed E-state index contributed by atoms with van der Waals surface area (Å²) in [6.07, 6.45) is 0.949. The Bertz CT molecular complexity index is 478. The van der Waals surface area contributed by atoms with E-state index in [0.717, 1.165) is 10.9 Å². The lowest BCUT2D eigenvalue weighted by Crippen LogP contribution is -2.15. The lowest BCUT2D eigenvalue weighted by molar-refractivity contribution is -0.117. The average molecular weight is 279 g/mol. The molecule has 0 saturated heterocycles. The van der Waals surface area contributed by atoms with Gasteiger partial charge in [-0.1, -0.05) is 22.9 Å². The zero-order valence-corrected chi connectivity index (χ0v) is 10.4. The fourth-order valence-corrected chi connectivity index (χ4v) is 1.99. The molecule has 1 amide bonds. The third-order valence-electron chi connectivity index (χ3n) is 2.81. The van der Waals surface area contributed by atoms with Crippen molar-refractivity contribution in [2.75, 3.05) is 5.32 Å². The number of benzene rings is 1. The molecule has 0 aliphatic heterocycles. The second-order valence-electron chi connectivity index (χ2n) is 4.11. The van der Waals surface area contributed by atoms with Crippen LogP contribution in [0.3, 0.4) is 0 Å². The monoisotopic (exact) mass is 278 g/mol. The van der Waals surface area contributed by atoms with Gasteiger partial charge in [0.05, 0.1) is 11.3 Å². The van der Waals surface area contributed by atoms with Crippen molar-refractivity contribution in [1.82, 2.24) is 0 Å². The highest BCUT2D eigenvalue weighted by molar-refractivity contribution is 9.10. The van der Waals surface area contributed by atoms with Gasteiger partial charge in [-0.25, -0.2) is 0 Å². The Morgan fingerprint density at radius 2 is 2.31 bits per heavy atom. The molecule has 82 valence electrons. The minimum absolute atomic E-state index is 0.0197. The lowest BCUT2D eigenvalue weighted by atomic mass is 10.2. The van der Waals surface area contributed by atoms with E-state index >= 15 is 0 Å². The van der Waals surface area contributed by atoms with Gasteiger partial charge in [-0.2, -0.15) is 5.26 Å². The quantitative estimate of drug-likeness (QED) is 0.904. The van der Waals surface area contributed by atoms with Crippen LogP contribution in [0.25, 0.3) is 0 Å². The second-order valence-corrected chi connectivity index (χ2v) is 5.03. The van der Waals surface area contributed by atoms with Gasteiger partial charge < -0.3 is 5.32 Å². The maximum atomic E-state index is 11.7. The molecule has 2 atom stereocenters. The first-order valence-electron chi connectivity index (χ1n) is 5.12. The van der Waals surface area contributed by atoms with Crippen LogP contribution in [0.15, 0.2) is 22.7 Å². The number of nitriles is 1. The highest BCUT2D eigenvalue weighted by atomic mass is 79.9. The SMILES string of the molecule is CC1CC1C(=O)Nc1ccc(Br)cc1C#N. The van der Waals surface area contributed by atoms with Crippen molar-refractivity contribution < 1.29 is 4.79 Å². The van der Waals surface area contributed by atoms with Crippen molar-refractivity contribution in [3.63, 3.8) is 0 Å². The van der Waals surface area contributed by atoms with Gasteiger partial charge in [0.2, 0.25) is 5.91 Å². The Morgan fingerprint density at radius 3 is 2.88 bits per heavy atom. The van der Waals surface area contributed by atoms with Gasteiger partial charge >= 0.3 is 0 Å². The van der Waals surface area contributed by atoms with E-state index in [2.05, 4.69) is 34.2 Å². The van der Waals surface area contributed by atoms with Crippen molar-refractivity contribution in [2.24, 2.45) is 11.8 Å². The van der Waals surface area contributed by atoms with Crippen molar-refractivity contribution in [1.29, 1.82) is 5.26 Å². The zero-order chi connectivity index (χ0) is 11.7. The fraction of sp³-hybridized carbons (Fsp3) is 0.333. The summed E-state index contributed by atoms with van der Waals surface area (Å²) in [5.41, 5.74) is 1.07. The van der Waals surface area contributed by atoms with E-state index < -0.39 is 0 Å². The topological polar surface area (TPSA) is 52.9 Å². The van der Waals surface area contributed by atoms with Gasteiger partial charge in [0.25, 0.3) is 0 Å². The number of halogens is 1. The predicted molar refractivity (Wildman–Crippen MR) is 64.8 cm³/mol. The van der Waals surface area contributed by atoms with E-state index in [1.54, 1.807) is 12.1 Å². The van der Waals surface area contributed by atoms with Crippen molar-refractivity contribution >= 4 is 27.5 Å². The number of amides is 1. The fourth-order valence-electron chi connectivity index (χ4n) is 1.63. The summed E-state index contributed by atoms with van der Waals surface area (Å²) in [6.45, 7) is 2.05. The van der Waals surface area contributed by atoms with E-state index in [9.17, 15) is 4.79 Å². The zero-order valence-electron chi connectivity index (χ0n) is 8.83. The normalized spacial score (nSPS) is 22.3. The molecule has 1 aromatic carbocycles. The second kappa shape index (κ2) is 4.26. The predicted octanol–water partition coefficient (Wildman–Crippen LogP) is 2.92. The Kier molecular flexibility index (Phi) is 2.97. The molecule has 3 nitrogen and oxygen atoms in total. The number of nitrogens with zero attached hydrogens (tertiary/aromatic N) is 1. The van der Waals surface area contributed by atoms with Gasteiger partial charge in [0, 0.05) is 10.4 Å².